The Morgan fingerprint density at radius 1 is 1.14 bits per heavy atom. The Balaban J connectivity index is 2.09. The van der Waals surface area contributed by atoms with Crippen LogP contribution in [-0.4, -0.2) is 50.6 Å². The summed E-state index contributed by atoms with van der Waals surface area (Å²) in [6, 6.07) is 6.80. The first-order valence-corrected chi connectivity index (χ1v) is 6.69. The number of carbonyl (C=O) groups is 2. The van der Waals surface area contributed by atoms with E-state index < -0.39 is 0 Å². The summed E-state index contributed by atoms with van der Waals surface area (Å²) in [6.45, 7) is 1.07. The Bertz CT molecular complexity index is 460. The van der Waals surface area contributed by atoms with E-state index in [0.717, 1.165) is 0 Å². The maximum atomic E-state index is 11.5. The van der Waals surface area contributed by atoms with Crippen molar-refractivity contribution in [2.75, 3.05) is 39.5 Å². The zero-order chi connectivity index (χ0) is 15.7. The molecule has 7 heteroatoms. The average Bonchev–Trinajstić information content (AvgIpc) is 2.45. The largest absolute Gasteiger partial charge is 0.493 e. The third-order valence-corrected chi connectivity index (χ3v) is 2.61. The molecule has 0 spiro atoms. The SMILES string of the molecule is CN(C)C(=O)NCCNC(=O)CCOc1ccc(N)cc1. The molecule has 1 aromatic rings. The first-order valence-electron chi connectivity index (χ1n) is 6.69. The Kier molecular flexibility index (Phi) is 6.86. The Hall–Kier alpha value is -2.44. The van der Waals surface area contributed by atoms with E-state index in [1.165, 1.54) is 4.90 Å². The van der Waals surface area contributed by atoms with Gasteiger partial charge in [0.2, 0.25) is 5.91 Å². The van der Waals surface area contributed by atoms with Crippen LogP contribution in [0.2, 0.25) is 0 Å². The molecule has 0 saturated heterocycles. The number of rotatable bonds is 7. The second kappa shape index (κ2) is 8.68. The number of nitrogens with two attached hydrogens (primary N) is 1. The van der Waals surface area contributed by atoms with Crippen molar-refractivity contribution in [2.45, 2.75) is 6.42 Å². The van der Waals surface area contributed by atoms with Gasteiger partial charge in [-0.25, -0.2) is 4.79 Å². The fourth-order valence-electron chi connectivity index (χ4n) is 1.44. The molecular weight excluding hydrogens is 272 g/mol. The quantitative estimate of drug-likeness (QED) is 0.502. The minimum atomic E-state index is -0.184. The van der Waals surface area contributed by atoms with Gasteiger partial charge in [0.1, 0.15) is 5.75 Å². The minimum Gasteiger partial charge on any atom is -0.493 e. The van der Waals surface area contributed by atoms with Gasteiger partial charge in [0.05, 0.1) is 13.0 Å². The van der Waals surface area contributed by atoms with Gasteiger partial charge >= 0.3 is 6.03 Å². The number of urea groups is 1. The molecule has 116 valence electrons. The normalized spacial score (nSPS) is 9.81. The number of benzene rings is 1. The van der Waals surface area contributed by atoms with Crippen molar-refractivity contribution in [1.29, 1.82) is 0 Å². The lowest BCUT2D eigenvalue weighted by molar-refractivity contribution is -0.121. The van der Waals surface area contributed by atoms with Crippen molar-refractivity contribution in [2.24, 2.45) is 0 Å². The summed E-state index contributed by atoms with van der Waals surface area (Å²) in [5.74, 6) is 0.555. The predicted molar refractivity (Wildman–Crippen MR) is 81.1 cm³/mol. The molecule has 0 saturated carbocycles. The Morgan fingerprint density at radius 2 is 1.76 bits per heavy atom. The van der Waals surface area contributed by atoms with Crippen LogP contribution in [0.5, 0.6) is 5.75 Å². The molecule has 0 unspecified atom stereocenters. The molecule has 0 aromatic heterocycles. The lowest BCUT2D eigenvalue weighted by atomic mass is 10.3. The number of nitrogens with zero attached hydrogens (tertiary/aromatic N) is 1. The molecule has 0 aliphatic heterocycles. The maximum Gasteiger partial charge on any atom is 0.316 e. The minimum absolute atomic E-state index is 0.121. The summed E-state index contributed by atoms with van der Waals surface area (Å²) in [7, 11) is 3.31. The van der Waals surface area contributed by atoms with Gasteiger partial charge in [0.25, 0.3) is 0 Å². The highest BCUT2D eigenvalue weighted by molar-refractivity contribution is 5.76. The molecule has 1 rings (SSSR count). The van der Waals surface area contributed by atoms with Crippen LogP contribution in [0.25, 0.3) is 0 Å². The van der Waals surface area contributed by atoms with Gasteiger partial charge in [-0.3, -0.25) is 4.79 Å². The van der Waals surface area contributed by atoms with Gasteiger partial charge in [-0.05, 0) is 24.3 Å². The van der Waals surface area contributed by atoms with E-state index in [1.54, 1.807) is 38.4 Å². The molecule has 3 amide bonds. The van der Waals surface area contributed by atoms with Crippen molar-refractivity contribution in [1.82, 2.24) is 15.5 Å². The van der Waals surface area contributed by atoms with Crippen LogP contribution >= 0.6 is 0 Å². The van der Waals surface area contributed by atoms with Crippen LogP contribution in [0.3, 0.4) is 0 Å². The highest BCUT2D eigenvalue weighted by Crippen LogP contribution is 2.12. The summed E-state index contributed by atoms with van der Waals surface area (Å²) < 4.78 is 5.41. The van der Waals surface area contributed by atoms with Crippen molar-refractivity contribution < 1.29 is 14.3 Å². The number of amides is 3. The van der Waals surface area contributed by atoms with E-state index in [1.807, 2.05) is 0 Å². The number of carbonyl (C=O) groups excluding carboxylic acids is 2. The third-order valence-electron chi connectivity index (χ3n) is 2.61. The molecular formula is C14H22N4O3. The van der Waals surface area contributed by atoms with Crippen LogP contribution in [0.15, 0.2) is 24.3 Å². The zero-order valence-corrected chi connectivity index (χ0v) is 12.4. The van der Waals surface area contributed by atoms with Gasteiger partial charge in [0, 0.05) is 32.9 Å². The molecule has 0 fully saturated rings. The van der Waals surface area contributed by atoms with E-state index in [9.17, 15) is 9.59 Å². The van der Waals surface area contributed by atoms with E-state index in [0.29, 0.717) is 31.1 Å². The topological polar surface area (TPSA) is 96.7 Å². The third kappa shape index (κ3) is 7.05. The fourth-order valence-corrected chi connectivity index (χ4v) is 1.44. The van der Waals surface area contributed by atoms with Gasteiger partial charge in [0.15, 0.2) is 0 Å². The van der Waals surface area contributed by atoms with Crippen LogP contribution in [-0.2, 0) is 4.79 Å². The van der Waals surface area contributed by atoms with Gasteiger partial charge in [-0.15, -0.1) is 0 Å². The number of hydrogen-bond donors (Lipinski definition) is 3. The summed E-state index contributed by atoms with van der Waals surface area (Å²) in [5, 5.41) is 5.35. The second-order valence-electron chi connectivity index (χ2n) is 4.64. The standard InChI is InChI=1S/C14H22N4O3/c1-18(2)14(20)17-9-8-16-13(19)7-10-21-12-5-3-11(15)4-6-12/h3-6H,7-10,15H2,1-2H3,(H,16,19)(H,17,20). The predicted octanol–water partition coefficient (Wildman–Crippen LogP) is 0.425. The molecule has 0 aliphatic carbocycles. The lowest BCUT2D eigenvalue weighted by Gasteiger charge is -2.12. The molecule has 1 aromatic carbocycles. The smallest absolute Gasteiger partial charge is 0.316 e. The molecule has 7 nitrogen and oxygen atoms in total. The van der Waals surface area contributed by atoms with Crippen LogP contribution < -0.4 is 21.1 Å². The van der Waals surface area contributed by atoms with E-state index >= 15 is 0 Å². The first-order chi connectivity index (χ1) is 9.99. The van der Waals surface area contributed by atoms with Gasteiger partial charge in [-0.1, -0.05) is 0 Å². The lowest BCUT2D eigenvalue weighted by Crippen LogP contribution is -2.39. The van der Waals surface area contributed by atoms with Crippen LogP contribution in [0, 0.1) is 0 Å². The number of nitrogen functional groups attached to an aromatic ring is 1. The van der Waals surface area contributed by atoms with Crippen molar-refractivity contribution in [3.63, 3.8) is 0 Å². The number of anilines is 1. The molecule has 0 radical (unpaired) electrons. The fraction of sp³-hybridized carbons (Fsp3) is 0.429. The maximum absolute atomic E-state index is 11.5. The molecule has 4 N–H and O–H groups in total. The number of hydrogen-bond acceptors (Lipinski definition) is 4. The van der Waals surface area contributed by atoms with Crippen molar-refractivity contribution in [3.8, 4) is 5.75 Å². The van der Waals surface area contributed by atoms with Gasteiger partial charge in [-0.2, -0.15) is 0 Å². The summed E-state index contributed by atoms with van der Waals surface area (Å²) in [4.78, 5) is 24.2. The van der Waals surface area contributed by atoms with E-state index in [2.05, 4.69) is 10.6 Å². The number of nitrogens with one attached hydrogen (secondary N) is 2. The van der Waals surface area contributed by atoms with Crippen LogP contribution in [0.4, 0.5) is 10.5 Å². The molecule has 0 bridgehead atoms. The Labute approximate surface area is 124 Å². The van der Waals surface area contributed by atoms with Crippen molar-refractivity contribution >= 4 is 17.6 Å². The number of ether oxygens (including phenoxy) is 1. The molecule has 0 heterocycles. The summed E-state index contributed by atoms with van der Waals surface area (Å²) in [6.07, 6.45) is 0.256. The summed E-state index contributed by atoms with van der Waals surface area (Å²) in [5.41, 5.74) is 6.23. The van der Waals surface area contributed by atoms with E-state index in [-0.39, 0.29) is 18.4 Å². The highest BCUT2D eigenvalue weighted by Gasteiger charge is 2.04. The Morgan fingerprint density at radius 3 is 2.38 bits per heavy atom. The monoisotopic (exact) mass is 294 g/mol. The molecule has 0 aliphatic rings. The van der Waals surface area contributed by atoms with Gasteiger partial charge < -0.3 is 26.0 Å². The second-order valence-corrected chi connectivity index (χ2v) is 4.64. The molecule has 21 heavy (non-hydrogen) atoms. The van der Waals surface area contributed by atoms with Crippen LogP contribution in [0.1, 0.15) is 6.42 Å². The van der Waals surface area contributed by atoms with Crippen molar-refractivity contribution in [3.05, 3.63) is 24.3 Å². The first kappa shape index (κ1) is 16.6. The zero-order valence-electron chi connectivity index (χ0n) is 12.4. The molecule has 0 atom stereocenters. The van der Waals surface area contributed by atoms with E-state index in [4.69, 9.17) is 10.5 Å². The average molecular weight is 294 g/mol. The summed E-state index contributed by atoms with van der Waals surface area (Å²) >= 11 is 0. The highest BCUT2D eigenvalue weighted by atomic mass is 16.5.